The Morgan fingerprint density at radius 1 is 0.500 bits per heavy atom. The Bertz CT molecular complexity index is 1690. The van der Waals surface area contributed by atoms with E-state index in [4.69, 9.17) is 0 Å². The number of nitrogens with zero attached hydrogens (tertiary/aromatic N) is 2. The van der Waals surface area contributed by atoms with Gasteiger partial charge in [0.1, 0.15) is 0 Å². The number of hydrogen-bond acceptors (Lipinski definition) is 8. The summed E-state index contributed by atoms with van der Waals surface area (Å²) in [6.07, 6.45) is 0. The number of sulfonamides is 2. The normalized spacial score (nSPS) is 28.4. The quantitative estimate of drug-likeness (QED) is 0.496. The van der Waals surface area contributed by atoms with E-state index < -0.39 is 86.9 Å². The Morgan fingerprint density at radius 3 is 1.02 bits per heavy atom. The molecule has 14 heteroatoms. The molecule has 0 spiro atoms. The van der Waals surface area contributed by atoms with Gasteiger partial charge in [-0.05, 0) is 87.1 Å². The van der Waals surface area contributed by atoms with Crippen LogP contribution in [-0.2, 0) is 39.7 Å². The van der Waals surface area contributed by atoms with Crippen molar-refractivity contribution in [3.05, 3.63) is 57.6 Å². The monoisotopic (exact) mass is 630 g/mol. The molecular weight excluding hydrogens is 597 g/mol. The summed E-state index contributed by atoms with van der Waals surface area (Å²) in [6, 6.07) is 1.38. The molecule has 3 heterocycles. The van der Waals surface area contributed by atoms with E-state index in [1.54, 1.807) is 39.8 Å². The van der Waals surface area contributed by atoms with Crippen LogP contribution in [0.25, 0.3) is 0 Å². The number of rotatable bonds is 4. The second kappa shape index (κ2) is 9.33. The molecule has 4 atom stereocenters. The number of hydrogen-bond donors (Lipinski definition) is 0. The molecule has 5 rings (SSSR count). The third-order valence-electron chi connectivity index (χ3n) is 8.59. The molecule has 3 aliphatic heterocycles. The fraction of sp³-hybridized carbons (Fsp3) is 0.538. The maximum Gasteiger partial charge on any atom is 0.244 e. The Morgan fingerprint density at radius 2 is 0.750 bits per heavy atom. The standard InChI is InChI=1S/C26H34N2O8S4/c1-15-7-19(5)25(9-17(15)3)39(33,34)27-21-11-37(29,30)13-23(21)28(24-14-38(31,32)12-22(24)27)40(35,36)26-10-18(4)16(2)8-20(26)6/h7-10,21-24H,11-14H2,1-6H3/t21-,22-,23+,24+. The van der Waals surface area contributed by atoms with Crippen molar-refractivity contribution in [2.75, 3.05) is 23.0 Å². The predicted octanol–water partition coefficient (Wildman–Crippen LogP) is 1.56. The summed E-state index contributed by atoms with van der Waals surface area (Å²) < 4.78 is 111. The largest absolute Gasteiger partial charge is 0.244 e. The van der Waals surface area contributed by atoms with Gasteiger partial charge in [0.05, 0.1) is 57.0 Å². The molecule has 0 amide bonds. The number of fused-ring (bicyclic) bond motifs is 2. The summed E-state index contributed by atoms with van der Waals surface area (Å²) in [4.78, 5) is -0.0778. The van der Waals surface area contributed by atoms with Gasteiger partial charge in [-0.1, -0.05) is 12.1 Å². The van der Waals surface area contributed by atoms with Crippen LogP contribution in [0.4, 0.5) is 0 Å². The van der Waals surface area contributed by atoms with E-state index in [1.807, 2.05) is 13.8 Å². The maximum atomic E-state index is 14.3. The predicted molar refractivity (Wildman–Crippen MR) is 152 cm³/mol. The highest BCUT2D eigenvalue weighted by Gasteiger charge is 2.63. The molecule has 0 saturated carbocycles. The van der Waals surface area contributed by atoms with E-state index in [-0.39, 0.29) is 9.79 Å². The third-order valence-corrected chi connectivity index (χ3v) is 16.2. The second-order valence-corrected chi connectivity index (χ2v) is 19.4. The van der Waals surface area contributed by atoms with Crippen LogP contribution in [0.3, 0.4) is 0 Å². The van der Waals surface area contributed by atoms with Crippen LogP contribution in [-0.4, -0.2) is 89.5 Å². The summed E-state index contributed by atoms with van der Waals surface area (Å²) in [7, 11) is -16.5. The average molecular weight is 631 g/mol. The molecule has 0 N–H and O–H groups in total. The first-order valence-corrected chi connectivity index (χ1v) is 19.4. The Kier molecular flexibility index (Phi) is 6.92. The Labute approximate surface area is 237 Å². The third kappa shape index (κ3) is 4.64. The summed E-state index contributed by atoms with van der Waals surface area (Å²) >= 11 is 0. The first-order valence-electron chi connectivity index (χ1n) is 12.9. The number of aryl methyl sites for hydroxylation is 6. The van der Waals surface area contributed by atoms with Crippen LogP contribution in [0.15, 0.2) is 34.1 Å². The highest BCUT2D eigenvalue weighted by molar-refractivity contribution is 7.93. The van der Waals surface area contributed by atoms with E-state index in [9.17, 15) is 33.7 Å². The molecular formula is C26H34N2O8S4. The van der Waals surface area contributed by atoms with Crippen LogP contribution in [0, 0.1) is 41.5 Å². The minimum Gasteiger partial charge on any atom is -0.229 e. The molecule has 3 saturated heterocycles. The van der Waals surface area contributed by atoms with Crippen LogP contribution in [0.2, 0.25) is 0 Å². The molecule has 0 unspecified atom stereocenters. The van der Waals surface area contributed by atoms with E-state index in [2.05, 4.69) is 0 Å². The van der Waals surface area contributed by atoms with E-state index >= 15 is 0 Å². The van der Waals surface area contributed by atoms with Crippen molar-refractivity contribution in [1.82, 2.24) is 8.61 Å². The van der Waals surface area contributed by atoms with E-state index in [0.29, 0.717) is 22.3 Å². The lowest BCUT2D eigenvalue weighted by atomic mass is 10.0. The lowest BCUT2D eigenvalue weighted by Crippen LogP contribution is -2.70. The lowest BCUT2D eigenvalue weighted by Gasteiger charge is -2.49. The lowest BCUT2D eigenvalue weighted by molar-refractivity contribution is 0.0841. The Balaban J connectivity index is 1.75. The van der Waals surface area contributed by atoms with Crippen molar-refractivity contribution in [1.29, 1.82) is 0 Å². The molecule has 0 aliphatic carbocycles. The zero-order valence-electron chi connectivity index (χ0n) is 23.2. The zero-order chi connectivity index (χ0) is 29.7. The highest BCUT2D eigenvalue weighted by atomic mass is 32.2. The zero-order valence-corrected chi connectivity index (χ0v) is 26.5. The van der Waals surface area contributed by atoms with Crippen molar-refractivity contribution in [3.63, 3.8) is 0 Å². The smallest absolute Gasteiger partial charge is 0.229 e. The summed E-state index contributed by atoms with van der Waals surface area (Å²) in [5.74, 6) is -2.38. The number of benzene rings is 2. The van der Waals surface area contributed by atoms with Gasteiger partial charge in [-0.15, -0.1) is 0 Å². The number of sulfone groups is 2. The molecule has 2 aromatic carbocycles. The SMILES string of the molecule is Cc1cc(C)c(S(=O)(=O)N2[C@@H]3CS(=O)(=O)C[C@@H]3N(S(=O)(=O)c3cc(C)c(C)cc3C)[C@H]3CS(=O)(=O)C[C@H]32)cc1C. The van der Waals surface area contributed by atoms with Crippen LogP contribution < -0.4 is 0 Å². The first-order chi connectivity index (χ1) is 18.3. The van der Waals surface area contributed by atoms with Gasteiger partial charge in [0.2, 0.25) is 20.0 Å². The first kappa shape index (κ1) is 29.6. The van der Waals surface area contributed by atoms with Crippen LogP contribution in [0.5, 0.6) is 0 Å². The van der Waals surface area contributed by atoms with Gasteiger partial charge < -0.3 is 0 Å². The van der Waals surface area contributed by atoms with Gasteiger partial charge in [0, 0.05) is 0 Å². The molecule has 3 aliphatic rings. The molecule has 0 aromatic heterocycles. The number of piperazine rings is 1. The average Bonchev–Trinajstić information content (AvgIpc) is 3.28. The van der Waals surface area contributed by atoms with Crippen molar-refractivity contribution < 1.29 is 33.7 Å². The minimum atomic E-state index is -4.41. The van der Waals surface area contributed by atoms with Gasteiger partial charge >= 0.3 is 0 Å². The second-order valence-electron chi connectivity index (χ2n) is 11.5. The fourth-order valence-corrected chi connectivity index (χ4v) is 15.0. The minimum absolute atomic E-state index is 0.0389. The summed E-state index contributed by atoms with van der Waals surface area (Å²) in [5, 5.41) is 0. The molecule has 40 heavy (non-hydrogen) atoms. The van der Waals surface area contributed by atoms with Gasteiger partial charge in [0.25, 0.3) is 0 Å². The van der Waals surface area contributed by atoms with E-state index in [1.165, 1.54) is 12.1 Å². The van der Waals surface area contributed by atoms with E-state index in [0.717, 1.165) is 19.7 Å². The molecule has 0 bridgehead atoms. The highest BCUT2D eigenvalue weighted by Crippen LogP contribution is 2.44. The van der Waals surface area contributed by atoms with Crippen LogP contribution in [0.1, 0.15) is 33.4 Å². The molecule has 220 valence electrons. The maximum absolute atomic E-state index is 14.3. The fourth-order valence-electron chi connectivity index (χ4n) is 6.45. The Hall–Kier alpha value is -1.84. The van der Waals surface area contributed by atoms with Crippen LogP contribution >= 0.6 is 0 Å². The molecule has 0 radical (unpaired) electrons. The van der Waals surface area contributed by atoms with Crippen molar-refractivity contribution in [2.24, 2.45) is 0 Å². The topological polar surface area (TPSA) is 143 Å². The van der Waals surface area contributed by atoms with Crippen molar-refractivity contribution in [2.45, 2.75) is 75.5 Å². The van der Waals surface area contributed by atoms with Gasteiger partial charge in [0.15, 0.2) is 19.7 Å². The molecule has 2 aromatic rings. The van der Waals surface area contributed by atoms with Gasteiger partial charge in [-0.25, -0.2) is 33.7 Å². The van der Waals surface area contributed by atoms with Gasteiger partial charge in [-0.2, -0.15) is 8.61 Å². The summed E-state index contributed by atoms with van der Waals surface area (Å²) in [6.45, 7) is 10.5. The molecule has 3 fully saturated rings. The van der Waals surface area contributed by atoms with Crippen molar-refractivity contribution in [3.8, 4) is 0 Å². The van der Waals surface area contributed by atoms with Crippen molar-refractivity contribution >= 4 is 39.7 Å². The summed E-state index contributed by atoms with van der Waals surface area (Å²) in [5.41, 5.74) is 4.05. The van der Waals surface area contributed by atoms with Gasteiger partial charge in [-0.3, -0.25) is 0 Å². The molecule has 10 nitrogen and oxygen atoms in total.